The van der Waals surface area contributed by atoms with E-state index in [-0.39, 0.29) is 42.5 Å². The van der Waals surface area contributed by atoms with Crippen molar-refractivity contribution in [2.45, 2.75) is 76.3 Å². The normalized spacial score (nSPS) is 33.0. The van der Waals surface area contributed by atoms with E-state index < -0.39 is 5.92 Å². The monoisotopic (exact) mass is 533 g/mol. The fourth-order valence-corrected chi connectivity index (χ4v) is 6.98. The number of aromatic nitrogens is 2. The highest BCUT2D eigenvalue weighted by molar-refractivity contribution is 5.92. The third-order valence-electron chi connectivity index (χ3n) is 9.43. The largest absolute Gasteiger partial charge is 0.378 e. The van der Waals surface area contributed by atoms with Crippen LogP contribution in [0.2, 0.25) is 0 Å². The van der Waals surface area contributed by atoms with E-state index in [4.69, 9.17) is 14.7 Å². The highest BCUT2D eigenvalue weighted by Crippen LogP contribution is 2.42. The van der Waals surface area contributed by atoms with E-state index in [1.165, 1.54) is 0 Å². The first-order chi connectivity index (χ1) is 18.3. The van der Waals surface area contributed by atoms with E-state index in [1.54, 1.807) is 0 Å². The molecule has 9 nitrogen and oxygen atoms in total. The van der Waals surface area contributed by atoms with Crippen LogP contribution in [0.3, 0.4) is 0 Å². The summed E-state index contributed by atoms with van der Waals surface area (Å²) < 4.78 is 35.2. The first-order valence-corrected chi connectivity index (χ1v) is 14.4. The molecule has 4 fully saturated rings. The zero-order valence-electron chi connectivity index (χ0n) is 22.5. The molecule has 5 unspecified atom stereocenters. The van der Waals surface area contributed by atoms with Gasteiger partial charge in [0, 0.05) is 57.4 Å². The molecule has 5 aliphatic rings. The topological polar surface area (TPSA) is 87.0 Å². The van der Waals surface area contributed by atoms with Crippen LogP contribution in [-0.4, -0.2) is 95.1 Å². The van der Waals surface area contributed by atoms with E-state index in [2.05, 4.69) is 34.4 Å². The number of hydrogen-bond acceptors (Lipinski definition) is 7. The van der Waals surface area contributed by atoms with Crippen molar-refractivity contribution in [3.05, 3.63) is 11.9 Å². The van der Waals surface area contributed by atoms with Crippen molar-refractivity contribution in [1.29, 1.82) is 0 Å². The summed E-state index contributed by atoms with van der Waals surface area (Å²) in [7, 11) is 0. The molecule has 1 aliphatic carbocycles. The molecule has 0 spiro atoms. The smallest absolute Gasteiger partial charge is 0.250 e. The number of piperazine rings is 1. The Balaban J connectivity index is 1.24. The van der Waals surface area contributed by atoms with Crippen LogP contribution in [0, 0.1) is 17.8 Å². The Morgan fingerprint density at radius 3 is 2.87 bits per heavy atom. The molecule has 3 saturated heterocycles. The molecular weight excluding hydrogens is 492 g/mol. The number of nitrogens with zero attached hydrogens (tertiary/aromatic N) is 5. The van der Waals surface area contributed by atoms with Crippen LogP contribution in [0.1, 0.15) is 64.0 Å². The minimum absolute atomic E-state index is 0.0447. The van der Waals surface area contributed by atoms with Gasteiger partial charge in [-0.05, 0) is 37.5 Å². The third-order valence-corrected chi connectivity index (χ3v) is 9.43. The maximum Gasteiger partial charge on any atom is 0.250 e. The van der Waals surface area contributed by atoms with Crippen molar-refractivity contribution in [3.63, 3.8) is 0 Å². The van der Waals surface area contributed by atoms with Crippen molar-refractivity contribution in [1.82, 2.24) is 24.8 Å². The number of imidazole rings is 1. The SMILES string of the molecule is CC1CNC(=O)C(CC2Nn3cc(C(C)C4CCC(F)(F)CC4)nc3N=C2N2CCN3CCOCC3C2)C1. The van der Waals surface area contributed by atoms with Crippen LogP contribution in [0.5, 0.6) is 0 Å². The van der Waals surface area contributed by atoms with Crippen molar-refractivity contribution in [3.8, 4) is 0 Å². The first-order valence-electron chi connectivity index (χ1n) is 14.4. The number of alkyl halides is 2. The van der Waals surface area contributed by atoms with E-state index in [9.17, 15) is 13.6 Å². The second-order valence-corrected chi connectivity index (χ2v) is 12.2. The summed E-state index contributed by atoms with van der Waals surface area (Å²) in [5, 5.41) is 3.07. The number of amides is 1. The summed E-state index contributed by atoms with van der Waals surface area (Å²) in [6.07, 6.45) is 4.46. The number of aliphatic imine (C=N–C) groups is 1. The summed E-state index contributed by atoms with van der Waals surface area (Å²) in [5.41, 5.74) is 4.52. The molecular formula is C27H41F2N7O2. The zero-order chi connectivity index (χ0) is 26.4. The van der Waals surface area contributed by atoms with Gasteiger partial charge >= 0.3 is 0 Å². The van der Waals surface area contributed by atoms with Crippen molar-refractivity contribution in [2.24, 2.45) is 22.7 Å². The number of halogens is 2. The Morgan fingerprint density at radius 2 is 2.05 bits per heavy atom. The molecule has 38 heavy (non-hydrogen) atoms. The minimum atomic E-state index is -2.53. The van der Waals surface area contributed by atoms with E-state index in [0.29, 0.717) is 37.2 Å². The maximum absolute atomic E-state index is 13.7. The van der Waals surface area contributed by atoms with Gasteiger partial charge in [-0.25, -0.2) is 18.4 Å². The fourth-order valence-electron chi connectivity index (χ4n) is 6.98. The van der Waals surface area contributed by atoms with Gasteiger partial charge in [0.1, 0.15) is 11.9 Å². The van der Waals surface area contributed by atoms with Gasteiger partial charge in [-0.1, -0.05) is 13.8 Å². The lowest BCUT2D eigenvalue weighted by Crippen LogP contribution is -2.61. The molecule has 1 aromatic heterocycles. The Bertz CT molecular complexity index is 1050. The summed E-state index contributed by atoms with van der Waals surface area (Å²) >= 11 is 0. The standard InChI is InChI=1S/C27H41F2N7O2/c1-17-11-20(25(37)30-13-17)12-22-24(35-8-7-34-9-10-38-16-21(34)14-35)32-26-31-23(15-36(26)33-22)18(2)19-3-5-27(28,29)6-4-19/h15,17-22,33H,3-14,16H2,1-2H3,(H,30,37). The maximum atomic E-state index is 13.7. The minimum Gasteiger partial charge on any atom is -0.378 e. The van der Waals surface area contributed by atoms with Crippen LogP contribution < -0.4 is 10.7 Å². The van der Waals surface area contributed by atoms with Gasteiger partial charge in [-0.3, -0.25) is 9.69 Å². The zero-order valence-corrected chi connectivity index (χ0v) is 22.5. The molecule has 4 aliphatic heterocycles. The summed E-state index contributed by atoms with van der Waals surface area (Å²) in [5.74, 6) is -0.229. The average Bonchev–Trinajstić information content (AvgIpc) is 3.33. The summed E-state index contributed by atoms with van der Waals surface area (Å²) in [6, 6.07) is 0.214. The van der Waals surface area contributed by atoms with E-state index in [1.807, 2.05) is 10.9 Å². The number of morpholine rings is 1. The number of carbonyl (C=O) groups excluding carboxylic acids is 1. The highest BCUT2D eigenvalue weighted by atomic mass is 19.3. The fraction of sp³-hybridized carbons (Fsp3) is 0.815. The lowest BCUT2D eigenvalue weighted by Gasteiger charge is -2.46. The van der Waals surface area contributed by atoms with Crippen LogP contribution in [0.25, 0.3) is 0 Å². The number of hydrogen-bond donors (Lipinski definition) is 2. The van der Waals surface area contributed by atoms with Crippen LogP contribution in [0.15, 0.2) is 11.2 Å². The summed E-state index contributed by atoms with van der Waals surface area (Å²) in [6.45, 7) is 10.2. The highest BCUT2D eigenvalue weighted by Gasteiger charge is 2.40. The molecule has 5 atom stereocenters. The Kier molecular flexibility index (Phi) is 7.09. The van der Waals surface area contributed by atoms with Crippen LogP contribution in [0.4, 0.5) is 14.7 Å². The Morgan fingerprint density at radius 1 is 1.24 bits per heavy atom. The van der Waals surface area contributed by atoms with Gasteiger partial charge in [0.15, 0.2) is 0 Å². The molecule has 5 heterocycles. The number of rotatable bonds is 4. The second-order valence-electron chi connectivity index (χ2n) is 12.2. The van der Waals surface area contributed by atoms with Gasteiger partial charge in [0.25, 0.3) is 5.95 Å². The molecule has 0 bridgehead atoms. The Labute approximate surface area is 223 Å². The molecule has 2 N–H and O–H groups in total. The number of carbonyl (C=O) groups is 1. The molecule has 210 valence electrons. The van der Waals surface area contributed by atoms with Gasteiger partial charge in [-0.2, -0.15) is 4.99 Å². The number of fused-ring (bicyclic) bond motifs is 2. The number of nitrogens with one attached hydrogen (secondary N) is 2. The quantitative estimate of drug-likeness (QED) is 0.619. The van der Waals surface area contributed by atoms with Crippen LogP contribution in [-0.2, 0) is 9.53 Å². The molecule has 1 saturated carbocycles. The molecule has 1 aromatic rings. The lowest BCUT2D eigenvalue weighted by atomic mass is 9.78. The second kappa shape index (κ2) is 10.4. The van der Waals surface area contributed by atoms with Crippen molar-refractivity contribution < 1.29 is 18.3 Å². The predicted molar refractivity (Wildman–Crippen MR) is 140 cm³/mol. The van der Waals surface area contributed by atoms with Gasteiger partial charge in [0.05, 0.1) is 31.1 Å². The number of amidine groups is 1. The Hall–Kier alpha value is -2.27. The van der Waals surface area contributed by atoms with Gasteiger partial charge < -0.3 is 20.4 Å². The molecule has 6 rings (SSSR count). The van der Waals surface area contributed by atoms with Crippen molar-refractivity contribution in [2.75, 3.05) is 51.4 Å². The lowest BCUT2D eigenvalue weighted by molar-refractivity contribution is -0.127. The van der Waals surface area contributed by atoms with E-state index >= 15 is 0 Å². The first kappa shape index (κ1) is 26.0. The number of piperidine rings is 1. The molecule has 1 amide bonds. The predicted octanol–water partition coefficient (Wildman–Crippen LogP) is 2.95. The van der Waals surface area contributed by atoms with Gasteiger partial charge in [-0.15, -0.1) is 0 Å². The van der Waals surface area contributed by atoms with Crippen molar-refractivity contribution >= 4 is 17.7 Å². The summed E-state index contributed by atoms with van der Waals surface area (Å²) in [4.78, 5) is 27.6. The molecule has 0 radical (unpaired) electrons. The van der Waals surface area contributed by atoms with E-state index in [0.717, 1.165) is 63.9 Å². The average molecular weight is 534 g/mol. The van der Waals surface area contributed by atoms with Crippen LogP contribution >= 0.6 is 0 Å². The third kappa shape index (κ3) is 5.28. The number of ether oxygens (including phenoxy) is 1. The molecule has 0 aromatic carbocycles. The molecule has 11 heteroatoms. The van der Waals surface area contributed by atoms with Gasteiger partial charge in [0.2, 0.25) is 11.8 Å².